The van der Waals surface area contributed by atoms with E-state index in [1.54, 1.807) is 12.0 Å². The highest BCUT2D eigenvalue weighted by Crippen LogP contribution is 2.28. The summed E-state index contributed by atoms with van der Waals surface area (Å²) in [5, 5.41) is 0. The number of amides is 1. The molecule has 1 amide bonds. The van der Waals surface area contributed by atoms with Crippen molar-refractivity contribution in [3.05, 3.63) is 53.8 Å². The molecule has 6 heteroatoms. The van der Waals surface area contributed by atoms with Gasteiger partial charge in [-0.3, -0.25) is 4.79 Å². The van der Waals surface area contributed by atoms with Gasteiger partial charge in [-0.05, 0) is 30.3 Å². The number of ether oxygens (including phenoxy) is 1. The molecule has 2 aromatic carbocycles. The summed E-state index contributed by atoms with van der Waals surface area (Å²) in [7, 11) is 1.64. The molecule has 1 aliphatic heterocycles. The minimum absolute atomic E-state index is 0.223. The van der Waals surface area contributed by atoms with Crippen LogP contribution in [-0.4, -0.2) is 44.1 Å². The van der Waals surface area contributed by atoms with Gasteiger partial charge in [0.25, 0.3) is 5.91 Å². The zero-order chi connectivity index (χ0) is 17.1. The third-order valence-electron chi connectivity index (χ3n) is 4.24. The lowest BCUT2D eigenvalue weighted by Crippen LogP contribution is -2.49. The van der Waals surface area contributed by atoms with Crippen molar-refractivity contribution in [1.82, 2.24) is 4.90 Å². The summed E-state index contributed by atoms with van der Waals surface area (Å²) in [6.07, 6.45) is 0. The summed E-state index contributed by atoms with van der Waals surface area (Å²) in [6, 6.07) is 11.7. The maximum absolute atomic E-state index is 13.4. The lowest BCUT2D eigenvalue weighted by Gasteiger charge is -2.36. The van der Waals surface area contributed by atoms with Crippen molar-refractivity contribution in [2.75, 3.05) is 43.9 Å². The number of para-hydroxylation sites is 2. The molecule has 0 aromatic heterocycles. The topological polar surface area (TPSA) is 58.8 Å². The lowest BCUT2D eigenvalue weighted by atomic mass is 10.1. The first-order valence-electron chi connectivity index (χ1n) is 7.82. The highest BCUT2D eigenvalue weighted by atomic mass is 19.1. The number of methoxy groups -OCH3 is 1. The second-order valence-corrected chi connectivity index (χ2v) is 5.68. The van der Waals surface area contributed by atoms with Crippen LogP contribution in [0.1, 0.15) is 10.4 Å². The van der Waals surface area contributed by atoms with Gasteiger partial charge in [0.1, 0.15) is 11.6 Å². The predicted molar refractivity (Wildman–Crippen MR) is 91.9 cm³/mol. The molecule has 3 rings (SSSR count). The van der Waals surface area contributed by atoms with Crippen LogP contribution in [0.25, 0.3) is 0 Å². The summed E-state index contributed by atoms with van der Waals surface area (Å²) in [5.74, 6) is 0.124. The zero-order valence-corrected chi connectivity index (χ0v) is 13.5. The van der Waals surface area contributed by atoms with Crippen LogP contribution in [0.5, 0.6) is 5.75 Å². The Bertz CT molecular complexity index is 743. The molecule has 1 saturated heterocycles. The van der Waals surface area contributed by atoms with Gasteiger partial charge in [-0.1, -0.05) is 12.1 Å². The predicted octanol–water partition coefficient (Wildman–Crippen LogP) is 2.38. The van der Waals surface area contributed by atoms with E-state index >= 15 is 0 Å². The quantitative estimate of drug-likeness (QED) is 0.879. The van der Waals surface area contributed by atoms with E-state index in [2.05, 4.69) is 4.90 Å². The van der Waals surface area contributed by atoms with E-state index in [4.69, 9.17) is 10.5 Å². The van der Waals surface area contributed by atoms with Crippen LogP contribution in [0, 0.1) is 5.82 Å². The van der Waals surface area contributed by atoms with Gasteiger partial charge in [0.05, 0.1) is 18.4 Å². The van der Waals surface area contributed by atoms with Gasteiger partial charge in [0.15, 0.2) is 0 Å². The third-order valence-corrected chi connectivity index (χ3v) is 4.24. The summed E-state index contributed by atoms with van der Waals surface area (Å²) < 4.78 is 18.8. The Morgan fingerprint density at radius 2 is 1.83 bits per heavy atom. The number of hydrogen-bond acceptors (Lipinski definition) is 4. The molecule has 1 heterocycles. The van der Waals surface area contributed by atoms with Crippen molar-refractivity contribution < 1.29 is 13.9 Å². The highest BCUT2D eigenvalue weighted by molar-refractivity contribution is 5.99. The largest absolute Gasteiger partial charge is 0.495 e. The van der Waals surface area contributed by atoms with E-state index in [0.717, 1.165) is 11.4 Å². The van der Waals surface area contributed by atoms with E-state index in [9.17, 15) is 9.18 Å². The van der Waals surface area contributed by atoms with Crippen molar-refractivity contribution >= 4 is 17.3 Å². The van der Waals surface area contributed by atoms with E-state index in [1.165, 1.54) is 18.2 Å². The fourth-order valence-corrected chi connectivity index (χ4v) is 2.93. The Morgan fingerprint density at radius 3 is 2.54 bits per heavy atom. The number of benzene rings is 2. The minimum atomic E-state index is -0.458. The number of halogens is 1. The minimum Gasteiger partial charge on any atom is -0.495 e. The first kappa shape index (κ1) is 16.1. The molecule has 0 spiro atoms. The molecule has 2 aromatic rings. The normalized spacial score (nSPS) is 14.6. The molecule has 24 heavy (non-hydrogen) atoms. The Kier molecular flexibility index (Phi) is 4.55. The number of carbonyl (C=O) groups is 1. The molecule has 0 atom stereocenters. The molecule has 1 aliphatic rings. The summed E-state index contributed by atoms with van der Waals surface area (Å²) in [6.45, 7) is 2.46. The average molecular weight is 329 g/mol. The second-order valence-electron chi connectivity index (χ2n) is 5.68. The fourth-order valence-electron chi connectivity index (χ4n) is 2.93. The molecule has 126 valence electrons. The van der Waals surface area contributed by atoms with E-state index in [0.29, 0.717) is 31.9 Å². The number of nitrogen functional groups attached to an aromatic ring is 1. The second kappa shape index (κ2) is 6.78. The molecule has 0 unspecified atom stereocenters. The molecule has 5 nitrogen and oxygen atoms in total. The van der Waals surface area contributed by atoms with Crippen LogP contribution >= 0.6 is 0 Å². The molecule has 2 N–H and O–H groups in total. The highest BCUT2D eigenvalue weighted by Gasteiger charge is 2.25. The Balaban J connectivity index is 1.71. The van der Waals surface area contributed by atoms with Crippen molar-refractivity contribution in [2.45, 2.75) is 0 Å². The van der Waals surface area contributed by atoms with Crippen LogP contribution in [0.4, 0.5) is 15.8 Å². The van der Waals surface area contributed by atoms with Crippen LogP contribution in [0.3, 0.4) is 0 Å². The molecule has 0 bridgehead atoms. The summed E-state index contributed by atoms with van der Waals surface area (Å²) >= 11 is 0. The molecule has 0 radical (unpaired) electrons. The summed E-state index contributed by atoms with van der Waals surface area (Å²) in [5.41, 5.74) is 7.35. The van der Waals surface area contributed by atoms with Crippen molar-refractivity contribution in [1.29, 1.82) is 0 Å². The van der Waals surface area contributed by atoms with E-state index in [1.807, 2.05) is 24.3 Å². The van der Waals surface area contributed by atoms with Gasteiger partial charge in [0, 0.05) is 31.9 Å². The fraction of sp³-hybridized carbons (Fsp3) is 0.278. The standard InChI is InChI=1S/C18H20FN3O2/c1-24-17-5-3-2-4-16(17)21-8-10-22(11-9-21)18(23)14-12-13(19)6-7-15(14)20/h2-7,12H,8-11,20H2,1H3. The van der Waals surface area contributed by atoms with Gasteiger partial charge in [-0.15, -0.1) is 0 Å². The number of nitrogens with zero attached hydrogens (tertiary/aromatic N) is 2. The third kappa shape index (κ3) is 3.13. The van der Waals surface area contributed by atoms with Gasteiger partial charge in [-0.2, -0.15) is 0 Å². The molecule has 1 fully saturated rings. The molecular formula is C18H20FN3O2. The number of hydrogen-bond donors (Lipinski definition) is 1. The zero-order valence-electron chi connectivity index (χ0n) is 13.5. The number of rotatable bonds is 3. The number of anilines is 2. The van der Waals surface area contributed by atoms with Crippen molar-refractivity contribution in [3.8, 4) is 5.75 Å². The SMILES string of the molecule is COc1ccccc1N1CCN(C(=O)c2cc(F)ccc2N)CC1. The summed E-state index contributed by atoms with van der Waals surface area (Å²) in [4.78, 5) is 16.5. The van der Waals surface area contributed by atoms with Gasteiger partial charge in [-0.25, -0.2) is 4.39 Å². The number of nitrogens with two attached hydrogens (primary N) is 1. The monoisotopic (exact) mass is 329 g/mol. The first-order valence-corrected chi connectivity index (χ1v) is 7.82. The van der Waals surface area contributed by atoms with Gasteiger partial charge in [0.2, 0.25) is 0 Å². The van der Waals surface area contributed by atoms with Crippen molar-refractivity contribution in [3.63, 3.8) is 0 Å². The number of carbonyl (C=O) groups excluding carboxylic acids is 1. The van der Waals surface area contributed by atoms with Crippen LogP contribution in [0.15, 0.2) is 42.5 Å². The van der Waals surface area contributed by atoms with E-state index < -0.39 is 5.82 Å². The van der Waals surface area contributed by atoms with Crippen LogP contribution in [-0.2, 0) is 0 Å². The van der Waals surface area contributed by atoms with Crippen LogP contribution < -0.4 is 15.4 Å². The average Bonchev–Trinajstić information content (AvgIpc) is 2.63. The smallest absolute Gasteiger partial charge is 0.256 e. The van der Waals surface area contributed by atoms with Gasteiger partial charge >= 0.3 is 0 Å². The maximum atomic E-state index is 13.4. The van der Waals surface area contributed by atoms with Gasteiger partial charge < -0.3 is 20.3 Å². The Hall–Kier alpha value is -2.76. The van der Waals surface area contributed by atoms with Crippen LogP contribution in [0.2, 0.25) is 0 Å². The molecule has 0 aliphatic carbocycles. The van der Waals surface area contributed by atoms with E-state index in [-0.39, 0.29) is 11.5 Å². The first-order chi connectivity index (χ1) is 11.6. The Morgan fingerprint density at radius 1 is 1.12 bits per heavy atom. The molecule has 0 saturated carbocycles. The maximum Gasteiger partial charge on any atom is 0.256 e. The lowest BCUT2D eigenvalue weighted by molar-refractivity contribution is 0.0747. The number of piperazine rings is 1. The Labute approximate surface area is 140 Å². The van der Waals surface area contributed by atoms with Crippen molar-refractivity contribution in [2.24, 2.45) is 0 Å². The molecular weight excluding hydrogens is 309 g/mol.